The van der Waals surface area contributed by atoms with Crippen molar-refractivity contribution in [2.75, 3.05) is 6.61 Å². The van der Waals surface area contributed by atoms with Crippen LogP contribution in [0.2, 0.25) is 5.02 Å². The number of carboxylic acid groups (broad SMARTS) is 1. The maximum absolute atomic E-state index is 12.2. The maximum Gasteiger partial charge on any atom is 0.336 e. The lowest BCUT2D eigenvalue weighted by atomic mass is 10.1. The number of benzene rings is 2. The van der Waals surface area contributed by atoms with E-state index >= 15 is 0 Å². The Morgan fingerprint density at radius 2 is 1.90 bits per heavy atom. The molecule has 1 N–H and O–H groups in total. The Balaban J connectivity index is 1.64. The molecular formula is C22H19ClNO6-. The highest BCUT2D eigenvalue weighted by molar-refractivity contribution is 6.30. The van der Waals surface area contributed by atoms with Crippen LogP contribution in [0.15, 0.2) is 57.7 Å². The average molecular weight is 429 g/mol. The van der Waals surface area contributed by atoms with Crippen LogP contribution < -0.4 is 20.8 Å². The monoisotopic (exact) mass is 428 g/mol. The second-order valence-electron chi connectivity index (χ2n) is 6.66. The highest BCUT2D eigenvalue weighted by atomic mass is 35.5. The predicted molar refractivity (Wildman–Crippen MR) is 109 cm³/mol. The summed E-state index contributed by atoms with van der Waals surface area (Å²) >= 11 is 5.82. The number of ether oxygens (including phenoxy) is 1. The number of nitrogens with one attached hydrogen (secondary N) is 1. The van der Waals surface area contributed by atoms with E-state index in [9.17, 15) is 19.5 Å². The number of fused-ring (bicyclic) bond motifs is 1. The van der Waals surface area contributed by atoms with Gasteiger partial charge in [0.05, 0.1) is 12.0 Å². The van der Waals surface area contributed by atoms with Crippen LogP contribution in [0.25, 0.3) is 11.0 Å². The first kappa shape index (κ1) is 21.4. The molecule has 1 atom stereocenters. The van der Waals surface area contributed by atoms with E-state index in [4.69, 9.17) is 20.8 Å². The van der Waals surface area contributed by atoms with Gasteiger partial charge in [-0.2, -0.15) is 0 Å². The third-order valence-electron chi connectivity index (χ3n) is 4.53. The highest BCUT2D eigenvalue weighted by Crippen LogP contribution is 2.23. The first-order valence-electron chi connectivity index (χ1n) is 9.30. The van der Waals surface area contributed by atoms with Crippen molar-refractivity contribution in [1.29, 1.82) is 0 Å². The number of carbonyl (C=O) groups is 2. The van der Waals surface area contributed by atoms with E-state index in [-0.39, 0.29) is 6.42 Å². The summed E-state index contributed by atoms with van der Waals surface area (Å²) in [7, 11) is 0. The van der Waals surface area contributed by atoms with Crippen molar-refractivity contribution in [3.63, 3.8) is 0 Å². The Kier molecular flexibility index (Phi) is 6.74. The zero-order valence-corrected chi connectivity index (χ0v) is 16.9. The van der Waals surface area contributed by atoms with Crippen molar-refractivity contribution in [3.05, 3.63) is 75.1 Å². The maximum atomic E-state index is 12.2. The molecule has 8 heteroatoms. The van der Waals surface area contributed by atoms with E-state index in [1.165, 1.54) is 12.1 Å². The summed E-state index contributed by atoms with van der Waals surface area (Å²) < 4.78 is 10.6. The number of halogens is 1. The molecule has 0 spiro atoms. The molecule has 0 aliphatic rings. The van der Waals surface area contributed by atoms with Gasteiger partial charge in [0.1, 0.15) is 11.3 Å². The van der Waals surface area contributed by atoms with Crippen molar-refractivity contribution in [2.24, 2.45) is 0 Å². The van der Waals surface area contributed by atoms with Crippen LogP contribution in [0.1, 0.15) is 18.1 Å². The fourth-order valence-corrected chi connectivity index (χ4v) is 3.15. The molecule has 1 aromatic heterocycles. The van der Waals surface area contributed by atoms with Gasteiger partial charge in [-0.25, -0.2) is 4.79 Å². The third-order valence-corrected chi connectivity index (χ3v) is 4.78. The first-order valence-corrected chi connectivity index (χ1v) is 9.67. The molecular weight excluding hydrogens is 410 g/mol. The largest absolute Gasteiger partial charge is 0.548 e. The molecule has 7 nitrogen and oxygen atoms in total. The summed E-state index contributed by atoms with van der Waals surface area (Å²) in [5.41, 5.74) is 1.43. The smallest absolute Gasteiger partial charge is 0.336 e. The van der Waals surface area contributed by atoms with Gasteiger partial charge in [0, 0.05) is 22.5 Å². The lowest BCUT2D eigenvalue weighted by molar-refractivity contribution is -0.308. The Hall–Kier alpha value is -3.32. The van der Waals surface area contributed by atoms with Crippen LogP contribution in [-0.4, -0.2) is 24.5 Å². The molecule has 0 radical (unpaired) electrons. The van der Waals surface area contributed by atoms with Gasteiger partial charge in [0.15, 0.2) is 6.61 Å². The minimum absolute atomic E-state index is 0.0478. The van der Waals surface area contributed by atoms with Crippen LogP contribution in [0, 0.1) is 0 Å². The van der Waals surface area contributed by atoms with Crippen molar-refractivity contribution in [3.8, 4) is 5.75 Å². The molecule has 0 saturated carbocycles. The van der Waals surface area contributed by atoms with E-state index in [0.717, 1.165) is 10.9 Å². The standard InChI is InChI=1S/C22H20ClNO6/c1-2-14-10-21(26)30-19-11-16(7-8-17(14)19)29-12-20(25)24-18(22(27)28)9-13-3-5-15(23)6-4-13/h3-8,10-11,18H,2,9,12H2,1H3,(H,24,25)(H,27,28)/p-1/t18-/m0/s1. The highest BCUT2D eigenvalue weighted by Gasteiger charge is 2.15. The second kappa shape index (κ2) is 9.45. The summed E-state index contributed by atoms with van der Waals surface area (Å²) in [5, 5.41) is 15.1. The SMILES string of the molecule is CCc1cc(=O)oc2cc(OCC(=O)N[C@@H](Cc3ccc(Cl)cc3)C(=O)[O-])ccc12. The van der Waals surface area contributed by atoms with E-state index in [0.29, 0.717) is 28.3 Å². The van der Waals surface area contributed by atoms with Crippen LogP contribution in [0.3, 0.4) is 0 Å². The van der Waals surface area contributed by atoms with Gasteiger partial charge in [0.2, 0.25) is 0 Å². The van der Waals surface area contributed by atoms with Gasteiger partial charge in [-0.05, 0) is 48.2 Å². The van der Waals surface area contributed by atoms with Crippen molar-refractivity contribution in [1.82, 2.24) is 5.32 Å². The Morgan fingerprint density at radius 3 is 2.57 bits per heavy atom. The zero-order chi connectivity index (χ0) is 21.7. The fourth-order valence-electron chi connectivity index (χ4n) is 3.03. The molecule has 1 amide bonds. The number of aliphatic carboxylic acids is 1. The molecule has 156 valence electrons. The summed E-state index contributed by atoms with van der Waals surface area (Å²) in [6.45, 7) is 1.52. The molecule has 30 heavy (non-hydrogen) atoms. The molecule has 0 fully saturated rings. The average Bonchev–Trinajstić information content (AvgIpc) is 2.72. The Morgan fingerprint density at radius 1 is 1.17 bits per heavy atom. The van der Waals surface area contributed by atoms with Gasteiger partial charge in [0.25, 0.3) is 5.91 Å². The normalized spacial score (nSPS) is 11.8. The third kappa shape index (κ3) is 5.39. The number of carboxylic acids is 1. The number of hydrogen-bond acceptors (Lipinski definition) is 6. The molecule has 0 saturated heterocycles. The van der Waals surface area contributed by atoms with Gasteiger partial charge in [-0.3, -0.25) is 4.79 Å². The second-order valence-corrected chi connectivity index (χ2v) is 7.10. The minimum atomic E-state index is -1.40. The van der Waals surface area contributed by atoms with E-state index in [1.54, 1.807) is 36.4 Å². The Labute approximate surface area is 177 Å². The lowest BCUT2D eigenvalue weighted by Crippen LogP contribution is -2.50. The molecule has 1 heterocycles. The van der Waals surface area contributed by atoms with Gasteiger partial charge in [-0.15, -0.1) is 0 Å². The number of rotatable bonds is 8. The Bertz CT molecular complexity index is 1120. The van der Waals surface area contributed by atoms with Crippen LogP contribution in [0.5, 0.6) is 5.75 Å². The van der Waals surface area contributed by atoms with Crippen LogP contribution in [-0.2, 0) is 22.4 Å². The first-order chi connectivity index (χ1) is 14.4. The van der Waals surface area contributed by atoms with Crippen molar-refractivity contribution >= 4 is 34.4 Å². The zero-order valence-electron chi connectivity index (χ0n) is 16.1. The van der Waals surface area contributed by atoms with E-state index in [1.807, 2.05) is 6.92 Å². The number of amides is 1. The lowest BCUT2D eigenvalue weighted by Gasteiger charge is -2.20. The fraction of sp³-hybridized carbons (Fsp3) is 0.227. The minimum Gasteiger partial charge on any atom is -0.548 e. The summed E-state index contributed by atoms with van der Waals surface area (Å²) in [4.78, 5) is 35.2. The van der Waals surface area contributed by atoms with Crippen molar-refractivity contribution < 1.29 is 23.8 Å². The molecule has 0 unspecified atom stereocenters. The molecule has 3 rings (SSSR count). The molecule has 0 aliphatic heterocycles. The molecule has 3 aromatic rings. The van der Waals surface area contributed by atoms with Gasteiger partial charge >= 0.3 is 5.63 Å². The molecule has 2 aromatic carbocycles. The van der Waals surface area contributed by atoms with Crippen LogP contribution >= 0.6 is 11.6 Å². The van der Waals surface area contributed by atoms with Gasteiger partial charge in [-0.1, -0.05) is 30.7 Å². The topological polar surface area (TPSA) is 109 Å². The van der Waals surface area contributed by atoms with Gasteiger partial charge < -0.3 is 24.4 Å². The number of hydrogen-bond donors (Lipinski definition) is 1. The molecule has 0 bridgehead atoms. The predicted octanol–water partition coefficient (Wildman–Crippen LogP) is 1.86. The number of carbonyl (C=O) groups excluding carboxylic acids is 2. The van der Waals surface area contributed by atoms with Crippen molar-refractivity contribution in [2.45, 2.75) is 25.8 Å². The molecule has 0 aliphatic carbocycles. The summed E-state index contributed by atoms with van der Waals surface area (Å²) in [5.74, 6) is -1.71. The number of aryl methyl sites for hydroxylation is 1. The van der Waals surface area contributed by atoms with E-state index in [2.05, 4.69) is 5.32 Å². The summed E-state index contributed by atoms with van der Waals surface area (Å²) in [6.07, 6.45) is 0.717. The van der Waals surface area contributed by atoms with Crippen LogP contribution in [0.4, 0.5) is 0 Å². The quantitative estimate of drug-likeness (QED) is 0.548. The summed E-state index contributed by atoms with van der Waals surface area (Å²) in [6, 6.07) is 11.8. The van der Waals surface area contributed by atoms with E-state index < -0.39 is 30.2 Å².